The third-order valence-electron chi connectivity index (χ3n) is 3.96. The summed E-state index contributed by atoms with van der Waals surface area (Å²) in [6.45, 7) is 7.65. The van der Waals surface area contributed by atoms with Crippen molar-refractivity contribution in [2.45, 2.75) is 39.3 Å². The third-order valence-corrected chi connectivity index (χ3v) is 4.45. The second-order valence-corrected chi connectivity index (χ2v) is 6.84. The fraction of sp³-hybridized carbons (Fsp3) is 0.625. The van der Waals surface area contributed by atoms with Gasteiger partial charge in [-0.1, -0.05) is 35.8 Å². The number of rotatable bonds is 5. The van der Waals surface area contributed by atoms with Crippen LogP contribution in [0.5, 0.6) is 0 Å². The minimum Gasteiger partial charge on any atom is -0.396 e. The van der Waals surface area contributed by atoms with Crippen LogP contribution in [0.1, 0.15) is 32.3 Å². The van der Waals surface area contributed by atoms with Gasteiger partial charge in [0.25, 0.3) is 0 Å². The van der Waals surface area contributed by atoms with Gasteiger partial charge in [-0.15, -0.1) is 0 Å². The van der Waals surface area contributed by atoms with Crippen molar-refractivity contribution in [2.75, 3.05) is 24.6 Å². The van der Waals surface area contributed by atoms with Crippen molar-refractivity contribution in [1.29, 1.82) is 0 Å². The molecule has 2 rings (SSSR count). The highest BCUT2D eigenvalue weighted by atomic mass is 79.9. The minimum atomic E-state index is 0.327. The Balaban J connectivity index is 2.10. The number of hydrogen-bond donors (Lipinski definition) is 2. The Bertz CT molecular complexity index is 428. The predicted octanol–water partition coefficient (Wildman–Crippen LogP) is 3.16. The maximum absolute atomic E-state index is 9.26. The zero-order valence-corrected chi connectivity index (χ0v) is 14.0. The van der Waals surface area contributed by atoms with Crippen molar-refractivity contribution in [3.8, 4) is 0 Å². The quantitative estimate of drug-likeness (QED) is 0.864. The van der Waals surface area contributed by atoms with Gasteiger partial charge in [0.1, 0.15) is 0 Å². The second-order valence-electron chi connectivity index (χ2n) is 5.92. The molecule has 0 aromatic heterocycles. The van der Waals surface area contributed by atoms with E-state index in [4.69, 9.17) is 0 Å². The van der Waals surface area contributed by atoms with Gasteiger partial charge in [0.2, 0.25) is 0 Å². The summed E-state index contributed by atoms with van der Waals surface area (Å²) < 4.78 is 1.13. The van der Waals surface area contributed by atoms with E-state index in [1.54, 1.807) is 0 Å². The first kappa shape index (κ1) is 15.8. The molecule has 0 aliphatic carbocycles. The molecular weight excluding hydrogens is 316 g/mol. The summed E-state index contributed by atoms with van der Waals surface area (Å²) in [5, 5.41) is 12.8. The number of anilines is 1. The lowest BCUT2D eigenvalue weighted by molar-refractivity contribution is 0.203. The fourth-order valence-electron chi connectivity index (χ4n) is 2.65. The topological polar surface area (TPSA) is 35.5 Å². The van der Waals surface area contributed by atoms with E-state index in [1.165, 1.54) is 11.3 Å². The molecule has 1 aromatic rings. The molecule has 0 radical (unpaired) electrons. The smallest absolute Gasteiger partial charge is 0.0460 e. The van der Waals surface area contributed by atoms with E-state index in [-0.39, 0.29) is 0 Å². The van der Waals surface area contributed by atoms with Crippen LogP contribution in [0.2, 0.25) is 0 Å². The Kier molecular flexibility index (Phi) is 5.87. The number of hydrogen-bond acceptors (Lipinski definition) is 3. The number of halogens is 1. The summed E-state index contributed by atoms with van der Waals surface area (Å²) in [7, 11) is 0. The monoisotopic (exact) mass is 340 g/mol. The van der Waals surface area contributed by atoms with Gasteiger partial charge >= 0.3 is 0 Å². The molecule has 1 aliphatic rings. The molecule has 0 bridgehead atoms. The average molecular weight is 341 g/mol. The van der Waals surface area contributed by atoms with E-state index >= 15 is 0 Å². The summed E-state index contributed by atoms with van der Waals surface area (Å²) in [4.78, 5) is 2.45. The standard InChI is InChI=1S/C16H25BrN2O/c1-12(2)18-10-14-3-4-15(17)9-16(14)19-7-5-13(11-20)6-8-19/h3-4,9,12-13,18,20H,5-8,10-11H2,1-2H3. The summed E-state index contributed by atoms with van der Waals surface area (Å²) >= 11 is 3.58. The second kappa shape index (κ2) is 7.43. The van der Waals surface area contributed by atoms with Crippen molar-refractivity contribution >= 4 is 21.6 Å². The number of aliphatic hydroxyl groups is 1. The van der Waals surface area contributed by atoms with Crippen LogP contribution in [0.15, 0.2) is 22.7 Å². The molecule has 2 N–H and O–H groups in total. The van der Waals surface area contributed by atoms with Gasteiger partial charge in [0.15, 0.2) is 0 Å². The van der Waals surface area contributed by atoms with Gasteiger partial charge in [0.05, 0.1) is 0 Å². The molecule has 1 fully saturated rings. The summed E-state index contributed by atoms with van der Waals surface area (Å²) in [5.41, 5.74) is 2.67. The van der Waals surface area contributed by atoms with Crippen molar-refractivity contribution in [1.82, 2.24) is 5.32 Å². The molecule has 1 heterocycles. The third kappa shape index (κ3) is 4.21. The van der Waals surface area contributed by atoms with Crippen LogP contribution in [0.25, 0.3) is 0 Å². The number of piperidine rings is 1. The first-order valence-corrected chi connectivity index (χ1v) is 8.27. The zero-order chi connectivity index (χ0) is 14.5. The molecule has 3 nitrogen and oxygen atoms in total. The van der Waals surface area contributed by atoms with Gasteiger partial charge in [-0.3, -0.25) is 0 Å². The Morgan fingerprint density at radius 1 is 1.35 bits per heavy atom. The first-order chi connectivity index (χ1) is 9.60. The predicted molar refractivity (Wildman–Crippen MR) is 88.1 cm³/mol. The van der Waals surface area contributed by atoms with Gasteiger partial charge in [-0.05, 0) is 36.5 Å². The van der Waals surface area contributed by atoms with E-state index in [0.29, 0.717) is 18.6 Å². The van der Waals surface area contributed by atoms with Crippen LogP contribution < -0.4 is 10.2 Å². The number of aliphatic hydroxyl groups excluding tert-OH is 1. The molecule has 4 heteroatoms. The highest BCUT2D eigenvalue weighted by molar-refractivity contribution is 9.10. The molecule has 0 atom stereocenters. The molecule has 1 saturated heterocycles. The van der Waals surface area contributed by atoms with Gasteiger partial charge < -0.3 is 15.3 Å². The summed E-state index contributed by atoms with van der Waals surface area (Å²) in [6.07, 6.45) is 2.17. The average Bonchev–Trinajstić information content (AvgIpc) is 2.46. The lowest BCUT2D eigenvalue weighted by Crippen LogP contribution is -2.35. The highest BCUT2D eigenvalue weighted by Crippen LogP contribution is 2.29. The van der Waals surface area contributed by atoms with Crippen LogP contribution in [0.4, 0.5) is 5.69 Å². The number of nitrogens with one attached hydrogen (secondary N) is 1. The molecule has 1 aliphatic heterocycles. The first-order valence-electron chi connectivity index (χ1n) is 7.47. The van der Waals surface area contributed by atoms with Crippen molar-refractivity contribution in [3.05, 3.63) is 28.2 Å². The SMILES string of the molecule is CC(C)NCc1ccc(Br)cc1N1CCC(CO)CC1. The Labute approximate surface area is 130 Å². The van der Waals surface area contributed by atoms with E-state index < -0.39 is 0 Å². The molecule has 0 amide bonds. The minimum absolute atomic E-state index is 0.327. The van der Waals surface area contributed by atoms with Crippen molar-refractivity contribution < 1.29 is 5.11 Å². The molecule has 1 aromatic carbocycles. The highest BCUT2D eigenvalue weighted by Gasteiger charge is 2.20. The fourth-order valence-corrected chi connectivity index (χ4v) is 3.00. The lowest BCUT2D eigenvalue weighted by atomic mass is 9.97. The molecule has 20 heavy (non-hydrogen) atoms. The molecule has 0 saturated carbocycles. The van der Waals surface area contributed by atoms with E-state index in [1.807, 2.05) is 0 Å². The van der Waals surface area contributed by atoms with E-state index in [9.17, 15) is 5.11 Å². The van der Waals surface area contributed by atoms with Crippen LogP contribution in [0, 0.1) is 5.92 Å². The van der Waals surface area contributed by atoms with Crippen LogP contribution >= 0.6 is 15.9 Å². The molecular formula is C16H25BrN2O. The largest absolute Gasteiger partial charge is 0.396 e. The van der Waals surface area contributed by atoms with Gasteiger partial charge in [-0.25, -0.2) is 0 Å². The Hall–Kier alpha value is -0.580. The Morgan fingerprint density at radius 2 is 2.05 bits per heavy atom. The zero-order valence-electron chi connectivity index (χ0n) is 12.4. The normalized spacial score (nSPS) is 16.9. The molecule has 0 unspecified atom stereocenters. The van der Waals surface area contributed by atoms with E-state index in [0.717, 1.165) is 36.9 Å². The van der Waals surface area contributed by atoms with E-state index in [2.05, 4.69) is 58.2 Å². The van der Waals surface area contributed by atoms with Crippen LogP contribution in [-0.2, 0) is 6.54 Å². The van der Waals surface area contributed by atoms with Crippen LogP contribution in [-0.4, -0.2) is 30.8 Å². The summed E-state index contributed by atoms with van der Waals surface area (Å²) in [5.74, 6) is 0.482. The molecule has 0 spiro atoms. The van der Waals surface area contributed by atoms with Gasteiger partial charge in [0, 0.05) is 42.4 Å². The van der Waals surface area contributed by atoms with Crippen LogP contribution in [0.3, 0.4) is 0 Å². The number of nitrogens with zero attached hydrogens (tertiary/aromatic N) is 1. The summed E-state index contributed by atoms with van der Waals surface area (Å²) in [6, 6.07) is 7.02. The Morgan fingerprint density at radius 3 is 2.65 bits per heavy atom. The van der Waals surface area contributed by atoms with Crippen molar-refractivity contribution in [3.63, 3.8) is 0 Å². The molecule has 112 valence electrons. The maximum atomic E-state index is 9.26. The number of benzene rings is 1. The maximum Gasteiger partial charge on any atom is 0.0460 e. The van der Waals surface area contributed by atoms with Crippen molar-refractivity contribution in [2.24, 2.45) is 5.92 Å². The van der Waals surface area contributed by atoms with Gasteiger partial charge in [-0.2, -0.15) is 0 Å². The lowest BCUT2D eigenvalue weighted by Gasteiger charge is -2.34.